The van der Waals surface area contributed by atoms with Crippen LogP contribution in [0.3, 0.4) is 0 Å². The Hall–Kier alpha value is -2.50. The molecule has 1 aromatic carbocycles. The van der Waals surface area contributed by atoms with Crippen molar-refractivity contribution in [2.45, 2.75) is 19.8 Å². The third-order valence-corrected chi connectivity index (χ3v) is 4.87. The number of imide groups is 1. The summed E-state index contributed by atoms with van der Waals surface area (Å²) in [6.07, 6.45) is 1.29. The number of ether oxygens (including phenoxy) is 3. The first kappa shape index (κ1) is 14.1. The van der Waals surface area contributed by atoms with E-state index in [4.69, 9.17) is 14.2 Å². The second-order valence-corrected chi connectivity index (χ2v) is 6.08. The van der Waals surface area contributed by atoms with Crippen LogP contribution in [0.25, 0.3) is 6.08 Å². The van der Waals surface area contributed by atoms with Crippen LogP contribution in [0.5, 0.6) is 11.5 Å². The molecule has 6 heteroatoms. The Kier molecular flexibility index (Phi) is 3.07. The molecule has 0 unspecified atom stereocenters. The zero-order valence-corrected chi connectivity index (χ0v) is 13.0. The highest BCUT2D eigenvalue weighted by molar-refractivity contribution is 6.06. The monoisotopic (exact) mass is 315 g/mol. The molecule has 0 radical (unpaired) electrons. The van der Waals surface area contributed by atoms with Gasteiger partial charge in [-0.25, -0.2) is 9.69 Å². The van der Waals surface area contributed by atoms with Crippen molar-refractivity contribution >= 4 is 18.1 Å². The van der Waals surface area contributed by atoms with Crippen LogP contribution >= 0.6 is 0 Å². The lowest BCUT2D eigenvalue weighted by atomic mass is 9.76. The normalized spacial score (nSPS) is 25.0. The van der Waals surface area contributed by atoms with Crippen molar-refractivity contribution in [1.29, 1.82) is 0 Å². The van der Waals surface area contributed by atoms with Crippen molar-refractivity contribution in [1.82, 2.24) is 4.90 Å². The van der Waals surface area contributed by atoms with Crippen LogP contribution in [0.2, 0.25) is 0 Å². The zero-order valence-electron chi connectivity index (χ0n) is 13.0. The van der Waals surface area contributed by atoms with E-state index in [1.165, 1.54) is 4.90 Å². The molecule has 0 spiro atoms. The number of carbonyl (C=O) groups is 2. The molecule has 1 fully saturated rings. The molecule has 6 nitrogen and oxygen atoms in total. The lowest BCUT2D eigenvalue weighted by molar-refractivity contribution is -0.124. The molecule has 2 amide bonds. The highest BCUT2D eigenvalue weighted by Gasteiger charge is 2.36. The van der Waals surface area contributed by atoms with Crippen molar-refractivity contribution in [3.63, 3.8) is 0 Å². The molecule has 0 bridgehead atoms. The highest BCUT2D eigenvalue weighted by atomic mass is 16.7. The summed E-state index contributed by atoms with van der Waals surface area (Å²) in [5.41, 5.74) is 2.70. The lowest BCUT2D eigenvalue weighted by Gasteiger charge is -2.30. The van der Waals surface area contributed by atoms with E-state index in [0.717, 1.165) is 16.9 Å². The van der Waals surface area contributed by atoms with Crippen molar-refractivity contribution in [2.75, 3.05) is 19.9 Å². The predicted octanol–water partition coefficient (Wildman–Crippen LogP) is 2.53. The first-order valence-electron chi connectivity index (χ1n) is 7.70. The van der Waals surface area contributed by atoms with Gasteiger partial charge < -0.3 is 14.2 Å². The third-order valence-electron chi connectivity index (χ3n) is 4.87. The van der Waals surface area contributed by atoms with E-state index in [2.05, 4.69) is 6.92 Å². The minimum Gasteiger partial charge on any atom is -0.454 e. The number of hydrogen-bond acceptors (Lipinski definition) is 5. The first-order valence-corrected chi connectivity index (χ1v) is 7.70. The minimum atomic E-state index is -0.563. The summed E-state index contributed by atoms with van der Waals surface area (Å²) in [6, 6.07) is 3.89. The van der Waals surface area contributed by atoms with Gasteiger partial charge >= 0.3 is 6.09 Å². The lowest BCUT2D eigenvalue weighted by Crippen LogP contribution is -2.36. The molecule has 0 N–H and O–H groups in total. The SMILES string of the molecule is C[C@H]1C(C(=O)N2CCOC2=O)=Cc2cc3c(cc2[C@@H]1C)OCO3. The fourth-order valence-electron chi connectivity index (χ4n) is 3.32. The Balaban J connectivity index is 1.76. The molecule has 3 aliphatic rings. The smallest absolute Gasteiger partial charge is 0.416 e. The van der Waals surface area contributed by atoms with E-state index >= 15 is 0 Å². The molecule has 2 aliphatic heterocycles. The van der Waals surface area contributed by atoms with E-state index in [-0.39, 0.29) is 31.1 Å². The van der Waals surface area contributed by atoms with Crippen LogP contribution in [0, 0.1) is 5.92 Å². The molecule has 0 saturated carbocycles. The standard InChI is InChI=1S/C17H17NO5/c1-9-10(2)13(16(19)18-3-4-21-17(18)20)5-11-6-14-15(7-12(9)11)23-8-22-14/h5-7,9-10H,3-4,8H2,1-2H3/t9-,10-/m1/s1. The zero-order chi connectivity index (χ0) is 16.1. The second-order valence-electron chi connectivity index (χ2n) is 6.08. The molecule has 2 atom stereocenters. The Labute approximate surface area is 133 Å². The maximum absolute atomic E-state index is 12.7. The van der Waals surface area contributed by atoms with Crippen LogP contribution in [-0.4, -0.2) is 36.8 Å². The van der Waals surface area contributed by atoms with Crippen molar-refractivity contribution in [3.8, 4) is 11.5 Å². The molecule has 0 aromatic heterocycles. The van der Waals surface area contributed by atoms with E-state index in [0.29, 0.717) is 17.9 Å². The number of cyclic esters (lactones) is 1. The summed E-state index contributed by atoms with van der Waals surface area (Å²) < 4.78 is 15.7. The first-order chi connectivity index (χ1) is 11.1. The van der Waals surface area contributed by atoms with Gasteiger partial charge in [0.05, 0.1) is 6.54 Å². The molecule has 1 saturated heterocycles. The van der Waals surface area contributed by atoms with Gasteiger partial charge in [0, 0.05) is 5.57 Å². The van der Waals surface area contributed by atoms with Gasteiger partial charge in [-0.15, -0.1) is 0 Å². The largest absolute Gasteiger partial charge is 0.454 e. The molecule has 23 heavy (non-hydrogen) atoms. The van der Waals surface area contributed by atoms with Crippen LogP contribution in [0.15, 0.2) is 17.7 Å². The van der Waals surface area contributed by atoms with Crippen LogP contribution < -0.4 is 9.47 Å². The molecular weight excluding hydrogens is 298 g/mol. The summed E-state index contributed by atoms with van der Waals surface area (Å²) in [5, 5.41) is 0. The van der Waals surface area contributed by atoms with Gasteiger partial charge in [-0.3, -0.25) is 4.79 Å². The maximum Gasteiger partial charge on any atom is 0.416 e. The Morgan fingerprint density at radius 2 is 1.87 bits per heavy atom. The quantitative estimate of drug-likeness (QED) is 0.797. The number of fused-ring (bicyclic) bond motifs is 2. The number of carbonyl (C=O) groups excluding carboxylic acids is 2. The maximum atomic E-state index is 12.7. The van der Waals surface area contributed by atoms with Crippen molar-refractivity contribution in [2.24, 2.45) is 5.92 Å². The van der Waals surface area contributed by atoms with Gasteiger partial charge in [0.25, 0.3) is 5.91 Å². The molecule has 120 valence electrons. The van der Waals surface area contributed by atoms with Crippen molar-refractivity contribution < 1.29 is 23.8 Å². The van der Waals surface area contributed by atoms with Gasteiger partial charge in [-0.2, -0.15) is 0 Å². The summed E-state index contributed by atoms with van der Waals surface area (Å²) >= 11 is 0. The number of amides is 2. The molecule has 1 aliphatic carbocycles. The van der Waals surface area contributed by atoms with Crippen LogP contribution in [0.4, 0.5) is 4.79 Å². The number of benzene rings is 1. The number of nitrogens with zero attached hydrogens (tertiary/aromatic N) is 1. The molecule has 2 heterocycles. The fraction of sp³-hybridized carbons (Fsp3) is 0.412. The van der Waals surface area contributed by atoms with Crippen LogP contribution in [-0.2, 0) is 9.53 Å². The average molecular weight is 315 g/mol. The highest BCUT2D eigenvalue weighted by Crippen LogP contribution is 2.44. The number of hydrogen-bond donors (Lipinski definition) is 0. The number of rotatable bonds is 1. The van der Waals surface area contributed by atoms with E-state index in [1.54, 1.807) is 0 Å². The Bertz CT molecular complexity index is 739. The van der Waals surface area contributed by atoms with E-state index in [9.17, 15) is 9.59 Å². The average Bonchev–Trinajstić information content (AvgIpc) is 3.16. The van der Waals surface area contributed by atoms with Gasteiger partial charge in [0.2, 0.25) is 6.79 Å². The van der Waals surface area contributed by atoms with Gasteiger partial charge in [-0.1, -0.05) is 13.8 Å². The molecule has 1 aromatic rings. The van der Waals surface area contributed by atoms with Gasteiger partial charge in [0.1, 0.15) is 6.61 Å². The van der Waals surface area contributed by atoms with Gasteiger partial charge in [-0.05, 0) is 41.2 Å². The minimum absolute atomic E-state index is 0.00349. The molecule has 4 rings (SSSR count). The van der Waals surface area contributed by atoms with Crippen LogP contribution in [0.1, 0.15) is 30.9 Å². The van der Waals surface area contributed by atoms with Crippen molar-refractivity contribution in [3.05, 3.63) is 28.8 Å². The summed E-state index contributed by atoms with van der Waals surface area (Å²) in [6.45, 7) is 4.87. The summed E-state index contributed by atoms with van der Waals surface area (Å²) in [7, 11) is 0. The summed E-state index contributed by atoms with van der Waals surface area (Å²) in [4.78, 5) is 25.5. The molecular formula is C17H17NO5. The Morgan fingerprint density at radius 1 is 1.13 bits per heavy atom. The summed E-state index contributed by atoms with van der Waals surface area (Å²) in [5.74, 6) is 1.31. The fourth-order valence-corrected chi connectivity index (χ4v) is 3.32. The third kappa shape index (κ3) is 2.09. The second kappa shape index (κ2) is 5.01. The van der Waals surface area contributed by atoms with E-state index in [1.807, 2.05) is 25.1 Å². The topological polar surface area (TPSA) is 65.1 Å². The van der Waals surface area contributed by atoms with Gasteiger partial charge in [0.15, 0.2) is 11.5 Å². The predicted molar refractivity (Wildman–Crippen MR) is 81.2 cm³/mol. The Morgan fingerprint density at radius 3 is 2.57 bits per heavy atom. The van der Waals surface area contributed by atoms with E-state index < -0.39 is 6.09 Å².